The minimum absolute atomic E-state index is 0.403. The van der Waals surface area contributed by atoms with Crippen LogP contribution in [0.3, 0.4) is 0 Å². The Morgan fingerprint density at radius 3 is 2.86 bits per heavy atom. The van der Waals surface area contributed by atoms with Gasteiger partial charge in [-0.1, -0.05) is 37.6 Å². The maximum atomic E-state index is 6.14. The zero-order valence-corrected chi connectivity index (χ0v) is 14.4. The van der Waals surface area contributed by atoms with Crippen LogP contribution in [-0.2, 0) is 0 Å². The highest BCUT2D eigenvalue weighted by molar-refractivity contribution is 6.30. The molecule has 0 radical (unpaired) electrons. The van der Waals surface area contributed by atoms with Crippen molar-refractivity contribution in [1.29, 1.82) is 0 Å². The van der Waals surface area contributed by atoms with Crippen molar-refractivity contribution in [2.45, 2.75) is 52.1 Å². The van der Waals surface area contributed by atoms with Gasteiger partial charge >= 0.3 is 0 Å². The number of piperidine rings is 1. The number of benzene rings is 1. The second kappa shape index (κ2) is 8.17. The van der Waals surface area contributed by atoms with Crippen LogP contribution in [0.5, 0.6) is 0 Å². The van der Waals surface area contributed by atoms with Gasteiger partial charge in [-0.2, -0.15) is 0 Å². The van der Waals surface area contributed by atoms with Crippen molar-refractivity contribution in [3.05, 3.63) is 34.9 Å². The second-order valence-corrected chi connectivity index (χ2v) is 6.90. The molecule has 0 aliphatic carbocycles. The van der Waals surface area contributed by atoms with Crippen molar-refractivity contribution in [3.63, 3.8) is 0 Å². The minimum atomic E-state index is 0.403. The lowest BCUT2D eigenvalue weighted by Crippen LogP contribution is -2.41. The topological polar surface area (TPSA) is 15.3 Å². The first kappa shape index (κ1) is 16.8. The van der Waals surface area contributed by atoms with Gasteiger partial charge in [0.15, 0.2) is 0 Å². The van der Waals surface area contributed by atoms with Crippen molar-refractivity contribution in [2.24, 2.45) is 5.92 Å². The highest BCUT2D eigenvalue weighted by Gasteiger charge is 2.23. The molecule has 3 heteroatoms. The Morgan fingerprint density at radius 1 is 1.38 bits per heavy atom. The largest absolute Gasteiger partial charge is 0.310 e. The lowest BCUT2D eigenvalue weighted by Gasteiger charge is -2.37. The van der Waals surface area contributed by atoms with Crippen LogP contribution >= 0.6 is 11.6 Å². The van der Waals surface area contributed by atoms with Gasteiger partial charge in [-0.15, -0.1) is 0 Å². The van der Waals surface area contributed by atoms with Crippen LogP contribution in [0.4, 0.5) is 0 Å². The van der Waals surface area contributed by atoms with E-state index >= 15 is 0 Å². The van der Waals surface area contributed by atoms with E-state index in [0.29, 0.717) is 6.04 Å². The average molecular weight is 309 g/mol. The van der Waals surface area contributed by atoms with Crippen LogP contribution in [0.1, 0.15) is 51.6 Å². The fourth-order valence-corrected chi connectivity index (χ4v) is 3.64. The third-order valence-electron chi connectivity index (χ3n) is 4.68. The minimum Gasteiger partial charge on any atom is -0.310 e. The molecule has 21 heavy (non-hydrogen) atoms. The van der Waals surface area contributed by atoms with Gasteiger partial charge in [0.05, 0.1) is 0 Å². The zero-order chi connectivity index (χ0) is 15.2. The number of hydrogen-bond acceptors (Lipinski definition) is 2. The molecule has 0 saturated carbocycles. The van der Waals surface area contributed by atoms with Gasteiger partial charge in [-0.25, -0.2) is 0 Å². The molecule has 2 nitrogen and oxygen atoms in total. The van der Waals surface area contributed by atoms with Crippen LogP contribution < -0.4 is 5.32 Å². The molecular formula is C18H29ClN2. The number of halogens is 1. The van der Waals surface area contributed by atoms with E-state index in [9.17, 15) is 0 Å². The van der Waals surface area contributed by atoms with Crippen LogP contribution in [0, 0.1) is 5.92 Å². The summed E-state index contributed by atoms with van der Waals surface area (Å²) in [6, 6.07) is 9.39. The first-order valence-electron chi connectivity index (χ1n) is 8.33. The average Bonchev–Trinajstić information content (AvgIpc) is 2.45. The van der Waals surface area contributed by atoms with Crippen molar-refractivity contribution < 1.29 is 0 Å². The van der Waals surface area contributed by atoms with Gasteiger partial charge in [-0.3, -0.25) is 0 Å². The van der Waals surface area contributed by atoms with Gasteiger partial charge in [0.2, 0.25) is 0 Å². The first-order chi connectivity index (χ1) is 10.1. The summed E-state index contributed by atoms with van der Waals surface area (Å²) in [5, 5.41) is 4.43. The predicted molar refractivity (Wildman–Crippen MR) is 91.9 cm³/mol. The van der Waals surface area contributed by atoms with Gasteiger partial charge in [0, 0.05) is 23.7 Å². The maximum absolute atomic E-state index is 6.14. The Bertz CT molecular complexity index is 435. The molecule has 1 aliphatic heterocycles. The summed E-state index contributed by atoms with van der Waals surface area (Å²) in [7, 11) is 0. The molecule has 0 amide bonds. The second-order valence-electron chi connectivity index (χ2n) is 6.47. The first-order valence-corrected chi connectivity index (χ1v) is 8.70. The summed E-state index contributed by atoms with van der Waals surface area (Å²) >= 11 is 6.14. The van der Waals surface area contributed by atoms with Crippen LogP contribution in [0.2, 0.25) is 5.02 Å². The number of nitrogens with zero attached hydrogens (tertiary/aromatic N) is 1. The highest BCUT2D eigenvalue weighted by Crippen LogP contribution is 2.25. The molecule has 3 atom stereocenters. The van der Waals surface area contributed by atoms with E-state index in [1.54, 1.807) is 0 Å². The van der Waals surface area contributed by atoms with Crippen LogP contribution in [-0.4, -0.2) is 30.6 Å². The predicted octanol–water partition coefficient (Wildman–Crippen LogP) is 4.50. The van der Waals surface area contributed by atoms with Gasteiger partial charge < -0.3 is 10.2 Å². The van der Waals surface area contributed by atoms with E-state index in [1.807, 2.05) is 12.1 Å². The van der Waals surface area contributed by atoms with Crippen molar-refractivity contribution >= 4 is 11.6 Å². The number of nitrogens with one attached hydrogen (secondary N) is 1. The fourth-order valence-electron chi connectivity index (χ4n) is 3.44. The van der Waals surface area contributed by atoms with Gasteiger partial charge in [-0.05, 0) is 62.9 Å². The number of likely N-dealkylation sites (tertiary alicyclic amines) is 1. The Kier molecular flexibility index (Phi) is 6.53. The summed E-state index contributed by atoms with van der Waals surface area (Å²) in [4.78, 5) is 2.65. The maximum Gasteiger partial charge on any atom is 0.0409 e. The molecule has 3 unspecified atom stereocenters. The van der Waals surface area contributed by atoms with E-state index in [-0.39, 0.29) is 0 Å². The Morgan fingerprint density at radius 2 is 2.19 bits per heavy atom. The molecule has 0 bridgehead atoms. The lowest BCUT2D eigenvalue weighted by molar-refractivity contribution is 0.124. The summed E-state index contributed by atoms with van der Waals surface area (Å²) in [6.07, 6.45) is 3.82. The van der Waals surface area contributed by atoms with E-state index in [2.05, 4.69) is 43.1 Å². The van der Waals surface area contributed by atoms with E-state index < -0.39 is 0 Å². The Hall–Kier alpha value is -0.570. The third kappa shape index (κ3) is 4.98. The standard InChI is InChI=1S/C18H29ClN2/c1-4-20-18(16-6-5-7-17(19)13-16)9-11-21-10-8-14(2)12-15(21)3/h5-7,13-15,18,20H,4,8-12H2,1-3H3. The van der Waals surface area contributed by atoms with E-state index in [0.717, 1.165) is 36.5 Å². The summed E-state index contributed by atoms with van der Waals surface area (Å²) in [5.74, 6) is 0.883. The molecule has 1 heterocycles. The normalized spacial score (nSPS) is 25.0. The quantitative estimate of drug-likeness (QED) is 0.832. The number of hydrogen-bond donors (Lipinski definition) is 1. The molecule has 118 valence electrons. The molecule has 0 spiro atoms. The highest BCUT2D eigenvalue weighted by atomic mass is 35.5. The monoisotopic (exact) mass is 308 g/mol. The zero-order valence-electron chi connectivity index (χ0n) is 13.6. The summed E-state index contributed by atoms with van der Waals surface area (Å²) < 4.78 is 0. The molecule has 2 rings (SSSR count). The molecular weight excluding hydrogens is 280 g/mol. The van der Waals surface area contributed by atoms with Crippen molar-refractivity contribution in [2.75, 3.05) is 19.6 Å². The molecule has 1 saturated heterocycles. The van der Waals surface area contributed by atoms with Crippen molar-refractivity contribution in [1.82, 2.24) is 10.2 Å². The van der Waals surface area contributed by atoms with Gasteiger partial charge in [0.1, 0.15) is 0 Å². The Labute approximate surface area is 134 Å². The van der Waals surface area contributed by atoms with E-state index in [4.69, 9.17) is 11.6 Å². The molecule has 0 aromatic heterocycles. The molecule has 1 aromatic rings. The Balaban J connectivity index is 1.94. The molecule has 1 aliphatic rings. The third-order valence-corrected chi connectivity index (χ3v) is 4.92. The lowest BCUT2D eigenvalue weighted by atomic mass is 9.93. The van der Waals surface area contributed by atoms with Crippen LogP contribution in [0.25, 0.3) is 0 Å². The smallest absolute Gasteiger partial charge is 0.0409 e. The number of rotatable bonds is 6. The summed E-state index contributed by atoms with van der Waals surface area (Å²) in [5.41, 5.74) is 1.31. The van der Waals surface area contributed by atoms with E-state index in [1.165, 1.54) is 24.9 Å². The van der Waals surface area contributed by atoms with Gasteiger partial charge in [0.25, 0.3) is 0 Å². The fraction of sp³-hybridized carbons (Fsp3) is 0.667. The summed E-state index contributed by atoms with van der Waals surface area (Å²) in [6.45, 7) is 10.3. The molecule has 1 N–H and O–H groups in total. The van der Waals surface area contributed by atoms with Crippen molar-refractivity contribution in [3.8, 4) is 0 Å². The SMILES string of the molecule is CCNC(CCN1CCC(C)CC1C)c1cccc(Cl)c1. The molecule has 1 aromatic carbocycles. The van der Waals surface area contributed by atoms with Crippen LogP contribution in [0.15, 0.2) is 24.3 Å². The molecule has 1 fully saturated rings.